The molecule has 0 unspecified atom stereocenters. The van der Waals surface area contributed by atoms with E-state index in [9.17, 15) is 0 Å². The van der Waals surface area contributed by atoms with Crippen LogP contribution in [-0.4, -0.2) is 23.9 Å². The molecule has 51 heavy (non-hydrogen) atoms. The van der Waals surface area contributed by atoms with Crippen LogP contribution in [0.2, 0.25) is 0 Å². The smallest absolute Gasteiger partial charge is 0.237 e. The number of fused-ring (bicyclic) bond motifs is 18. The van der Waals surface area contributed by atoms with Gasteiger partial charge in [0.25, 0.3) is 0 Å². The van der Waals surface area contributed by atoms with Crippen LogP contribution in [0.25, 0.3) is 108 Å². The zero-order valence-corrected chi connectivity index (χ0v) is 27.9. The number of para-hydroxylation sites is 2. The molecule has 5 heterocycles. The molecule has 0 bridgehead atoms. The van der Waals surface area contributed by atoms with E-state index < -0.39 is 0 Å². The van der Waals surface area contributed by atoms with Crippen molar-refractivity contribution < 1.29 is 0 Å². The molecule has 0 amide bonds. The van der Waals surface area contributed by atoms with Gasteiger partial charge in [0.2, 0.25) is 5.95 Å². The molecule has 0 N–H and O–H groups in total. The van der Waals surface area contributed by atoms with Crippen LogP contribution in [0, 0.1) is 0 Å². The van der Waals surface area contributed by atoms with Gasteiger partial charge in [-0.25, -0.2) is 9.97 Å². The predicted octanol–water partition coefficient (Wildman–Crippen LogP) is 11.9. The highest BCUT2D eigenvalue weighted by Gasteiger charge is 2.25. The molecule has 236 valence electrons. The lowest BCUT2D eigenvalue weighted by Crippen LogP contribution is -2.04. The number of imidazole rings is 1. The zero-order chi connectivity index (χ0) is 33.2. The normalized spacial score (nSPS) is 12.3. The number of thiophene rings is 1. The average molecular weight is 668 g/mol. The Hall–Kier alpha value is -6.63. The van der Waals surface area contributed by atoms with Gasteiger partial charge in [0.15, 0.2) is 5.65 Å². The fraction of sp³-hybridized carbons (Fsp3) is 0. The van der Waals surface area contributed by atoms with Crippen LogP contribution in [0.5, 0.6) is 0 Å². The Morgan fingerprint density at radius 3 is 1.84 bits per heavy atom. The predicted molar refractivity (Wildman–Crippen MR) is 213 cm³/mol. The van der Waals surface area contributed by atoms with Crippen LogP contribution in [0.1, 0.15) is 0 Å². The van der Waals surface area contributed by atoms with Crippen molar-refractivity contribution in [2.45, 2.75) is 0 Å². The lowest BCUT2D eigenvalue weighted by atomic mass is 9.99. The third kappa shape index (κ3) is 3.56. The Kier molecular flexibility index (Phi) is 5.32. The van der Waals surface area contributed by atoms with Gasteiger partial charge in [-0.05, 0) is 34.4 Å². The summed E-state index contributed by atoms with van der Waals surface area (Å²) in [5.74, 6) is 0.626. The first-order valence-electron chi connectivity index (χ1n) is 17.1. The zero-order valence-electron chi connectivity index (χ0n) is 27.1. The Labute approximate surface area is 294 Å². The summed E-state index contributed by atoms with van der Waals surface area (Å²) in [6.07, 6.45) is 0. The monoisotopic (exact) mass is 667 g/mol. The van der Waals surface area contributed by atoms with Gasteiger partial charge in [-0.15, -0.1) is 11.3 Å². The summed E-state index contributed by atoms with van der Waals surface area (Å²) in [5.41, 5.74) is 7.53. The third-order valence-electron chi connectivity index (χ3n) is 10.5. The molecule has 0 saturated carbocycles. The van der Waals surface area contributed by atoms with Gasteiger partial charge in [0.05, 0.1) is 21.3 Å². The minimum absolute atomic E-state index is 0.626. The van der Waals surface area contributed by atoms with Crippen LogP contribution < -0.4 is 0 Å². The Bertz CT molecular complexity index is 3430. The standard InChI is InChI=1S/C45H25N5S/c1-2-14-26(15-3-1)39-40-44(50-34-23-11-8-17-28(34)27-16-4-7-20-31(27)43(50)46-40)48-45(47-39)49-35-24-12-9-21-32(35)37-29-18-5-6-19-30(29)38-33-22-10-13-25-36(33)51-42(38)41(37)49/h1-25H. The molecule has 0 atom stereocenters. The van der Waals surface area contributed by atoms with Crippen LogP contribution in [-0.2, 0) is 0 Å². The number of rotatable bonds is 2. The molecule has 5 aromatic heterocycles. The number of benzene rings is 7. The minimum atomic E-state index is 0.626. The SMILES string of the molecule is c1ccc(-c2nc(-n3c4ccccc4c4c5ccccc5c5c6ccccc6sc5c43)nc3c2nc2c4ccccc4c4ccccc4n32)cc1. The summed E-state index contributed by atoms with van der Waals surface area (Å²) in [5, 5.41) is 10.9. The molecule has 5 nitrogen and oxygen atoms in total. The molecule has 0 aliphatic heterocycles. The number of hydrogen-bond donors (Lipinski definition) is 0. The Balaban J connectivity index is 1.34. The highest BCUT2D eigenvalue weighted by Crippen LogP contribution is 2.48. The molecule has 0 fully saturated rings. The fourth-order valence-corrected chi connectivity index (χ4v) is 9.65. The second-order valence-electron chi connectivity index (χ2n) is 13.2. The van der Waals surface area contributed by atoms with Gasteiger partial charge in [0.1, 0.15) is 16.9 Å². The number of nitrogens with zero attached hydrogens (tertiary/aromatic N) is 5. The molecular formula is C45H25N5S. The molecule has 6 heteroatoms. The quantitative estimate of drug-likeness (QED) is 0.172. The lowest BCUT2D eigenvalue weighted by molar-refractivity contribution is 1.01. The topological polar surface area (TPSA) is 48.0 Å². The molecule has 0 saturated heterocycles. The largest absolute Gasteiger partial charge is 0.276 e. The summed E-state index contributed by atoms with van der Waals surface area (Å²) >= 11 is 1.85. The first-order valence-corrected chi connectivity index (χ1v) is 18.0. The molecule has 12 aromatic rings. The third-order valence-corrected chi connectivity index (χ3v) is 11.7. The van der Waals surface area contributed by atoms with Crippen molar-refractivity contribution >= 4 is 103 Å². The molecule has 12 rings (SSSR count). The van der Waals surface area contributed by atoms with Gasteiger partial charge in [-0.3, -0.25) is 8.97 Å². The fourth-order valence-electron chi connectivity index (χ4n) is 8.40. The average Bonchev–Trinajstić information content (AvgIpc) is 3.89. The maximum atomic E-state index is 5.55. The van der Waals surface area contributed by atoms with Gasteiger partial charge in [0, 0.05) is 42.6 Å². The minimum Gasteiger partial charge on any atom is -0.276 e. The second kappa shape index (κ2) is 9.97. The number of hydrogen-bond acceptors (Lipinski definition) is 4. The van der Waals surface area contributed by atoms with Crippen molar-refractivity contribution in [2.75, 3.05) is 0 Å². The van der Waals surface area contributed by atoms with E-state index in [1.54, 1.807) is 0 Å². The first kappa shape index (κ1) is 27.2. The van der Waals surface area contributed by atoms with Crippen molar-refractivity contribution in [1.29, 1.82) is 0 Å². The number of aromatic nitrogens is 5. The maximum Gasteiger partial charge on any atom is 0.237 e. The van der Waals surface area contributed by atoms with Crippen LogP contribution >= 0.6 is 11.3 Å². The summed E-state index contributed by atoms with van der Waals surface area (Å²) in [4.78, 5) is 16.4. The molecular weight excluding hydrogens is 643 g/mol. The van der Waals surface area contributed by atoms with Crippen molar-refractivity contribution in [1.82, 2.24) is 23.9 Å². The van der Waals surface area contributed by atoms with Crippen LogP contribution in [0.3, 0.4) is 0 Å². The van der Waals surface area contributed by atoms with Gasteiger partial charge < -0.3 is 0 Å². The first-order chi connectivity index (χ1) is 25.3. The molecule has 7 aromatic carbocycles. The van der Waals surface area contributed by atoms with Crippen molar-refractivity contribution in [2.24, 2.45) is 0 Å². The van der Waals surface area contributed by atoms with Crippen LogP contribution in [0.15, 0.2) is 152 Å². The molecule has 0 aliphatic carbocycles. The van der Waals surface area contributed by atoms with E-state index in [1.165, 1.54) is 47.1 Å². The van der Waals surface area contributed by atoms with Crippen LogP contribution in [0.4, 0.5) is 0 Å². The van der Waals surface area contributed by atoms with Crippen molar-refractivity contribution in [3.8, 4) is 17.2 Å². The van der Waals surface area contributed by atoms with E-state index in [1.807, 2.05) is 17.4 Å². The van der Waals surface area contributed by atoms with Crippen molar-refractivity contribution in [3.63, 3.8) is 0 Å². The van der Waals surface area contributed by atoms with E-state index in [0.29, 0.717) is 5.95 Å². The maximum absolute atomic E-state index is 5.55. The summed E-state index contributed by atoms with van der Waals surface area (Å²) < 4.78 is 7.05. The van der Waals surface area contributed by atoms with Gasteiger partial charge in [-0.2, -0.15) is 4.98 Å². The van der Waals surface area contributed by atoms with E-state index in [0.717, 1.165) is 55.4 Å². The van der Waals surface area contributed by atoms with E-state index >= 15 is 0 Å². The highest BCUT2D eigenvalue weighted by atomic mass is 32.1. The highest BCUT2D eigenvalue weighted by molar-refractivity contribution is 7.27. The summed E-state index contributed by atoms with van der Waals surface area (Å²) in [7, 11) is 0. The van der Waals surface area contributed by atoms with Crippen molar-refractivity contribution in [3.05, 3.63) is 152 Å². The summed E-state index contributed by atoms with van der Waals surface area (Å²) in [6, 6.07) is 53.8. The second-order valence-corrected chi connectivity index (χ2v) is 14.2. The molecule has 0 spiro atoms. The summed E-state index contributed by atoms with van der Waals surface area (Å²) in [6.45, 7) is 0. The Morgan fingerprint density at radius 2 is 1.04 bits per heavy atom. The van der Waals surface area contributed by atoms with Gasteiger partial charge in [-0.1, -0.05) is 133 Å². The van der Waals surface area contributed by atoms with Gasteiger partial charge >= 0.3 is 0 Å². The van der Waals surface area contributed by atoms with E-state index in [-0.39, 0.29) is 0 Å². The molecule has 0 radical (unpaired) electrons. The molecule has 0 aliphatic rings. The lowest BCUT2D eigenvalue weighted by Gasteiger charge is -2.12. The van der Waals surface area contributed by atoms with E-state index in [2.05, 4.69) is 155 Å². The van der Waals surface area contributed by atoms with E-state index in [4.69, 9.17) is 15.0 Å². The number of pyridine rings is 1. The Morgan fingerprint density at radius 1 is 0.431 bits per heavy atom.